The third-order valence-corrected chi connectivity index (χ3v) is 6.19. The van der Waals surface area contributed by atoms with Crippen molar-refractivity contribution in [3.05, 3.63) is 64.8 Å². The van der Waals surface area contributed by atoms with Crippen molar-refractivity contribution in [1.82, 2.24) is 14.8 Å². The van der Waals surface area contributed by atoms with Gasteiger partial charge in [0, 0.05) is 30.7 Å². The Morgan fingerprint density at radius 3 is 2.70 bits per heavy atom. The fourth-order valence-corrected chi connectivity index (χ4v) is 4.23. The third-order valence-electron chi connectivity index (χ3n) is 6.19. The van der Waals surface area contributed by atoms with E-state index < -0.39 is 0 Å². The molecule has 0 bridgehead atoms. The van der Waals surface area contributed by atoms with Gasteiger partial charge in [-0.15, -0.1) is 0 Å². The van der Waals surface area contributed by atoms with Crippen LogP contribution in [0.15, 0.2) is 42.5 Å². The van der Waals surface area contributed by atoms with E-state index in [1.165, 1.54) is 18.4 Å². The van der Waals surface area contributed by atoms with Crippen molar-refractivity contribution in [2.75, 3.05) is 25.4 Å². The van der Waals surface area contributed by atoms with Crippen molar-refractivity contribution in [2.24, 2.45) is 0 Å². The van der Waals surface area contributed by atoms with Gasteiger partial charge in [0.25, 0.3) is 11.8 Å². The van der Waals surface area contributed by atoms with Crippen LogP contribution in [0.3, 0.4) is 0 Å². The lowest BCUT2D eigenvalue weighted by Crippen LogP contribution is -2.46. The molecule has 1 amide bonds. The minimum absolute atomic E-state index is 0.0509. The fraction of sp³-hybridized carbons (Fsp3) is 0.333. The number of aryl methyl sites for hydroxylation is 1. The number of nitrogens with one attached hydrogen (secondary N) is 1. The monoisotopic (exact) mass is 402 g/mol. The Bertz CT molecular complexity index is 1160. The molecule has 1 aliphatic carbocycles. The first kappa shape index (κ1) is 18.9. The van der Waals surface area contributed by atoms with Crippen LogP contribution in [0.1, 0.15) is 50.7 Å². The molecule has 1 aliphatic heterocycles. The van der Waals surface area contributed by atoms with Crippen molar-refractivity contribution in [3.63, 3.8) is 0 Å². The first-order chi connectivity index (χ1) is 14.5. The number of nitrogens with zero attached hydrogens (tertiary/aromatic N) is 2. The number of hydrogen-bond donors (Lipinski definition) is 2. The number of rotatable bonds is 6. The average molecular weight is 402 g/mol. The summed E-state index contributed by atoms with van der Waals surface area (Å²) in [5, 5.41) is 4.32. The normalized spacial score (nSPS) is 16.4. The highest BCUT2D eigenvalue weighted by molar-refractivity contribution is 6.09. The van der Waals surface area contributed by atoms with E-state index in [1.807, 2.05) is 37.3 Å². The van der Waals surface area contributed by atoms with Crippen molar-refractivity contribution in [2.45, 2.75) is 32.2 Å². The maximum absolute atomic E-state index is 13.0. The fourth-order valence-electron chi connectivity index (χ4n) is 4.23. The van der Waals surface area contributed by atoms with E-state index in [0.717, 1.165) is 27.7 Å². The molecular weight excluding hydrogens is 376 g/mol. The second-order valence-corrected chi connectivity index (χ2v) is 8.45. The van der Waals surface area contributed by atoms with Gasteiger partial charge in [-0.25, -0.2) is 0 Å². The number of anilines is 1. The Morgan fingerprint density at radius 1 is 1.10 bits per heavy atom. The van der Waals surface area contributed by atoms with Gasteiger partial charge in [-0.1, -0.05) is 18.2 Å². The molecule has 5 rings (SSSR count). The highest BCUT2D eigenvalue weighted by Gasteiger charge is 2.32. The topological polar surface area (TPSA) is 80.4 Å². The van der Waals surface area contributed by atoms with E-state index in [9.17, 15) is 9.59 Å². The Balaban J connectivity index is 1.27. The number of fused-ring (bicyclic) bond motifs is 3. The van der Waals surface area contributed by atoms with Gasteiger partial charge in [-0.2, -0.15) is 0 Å². The van der Waals surface area contributed by atoms with Crippen LogP contribution in [0, 0.1) is 6.92 Å². The predicted octanol–water partition coefficient (Wildman–Crippen LogP) is 3.30. The molecule has 3 aromatic rings. The average Bonchev–Trinajstić information content (AvgIpc) is 3.51. The molecule has 0 saturated heterocycles. The molecule has 0 spiro atoms. The van der Waals surface area contributed by atoms with Crippen LogP contribution < -0.4 is 11.1 Å². The van der Waals surface area contributed by atoms with Crippen molar-refractivity contribution in [1.29, 1.82) is 0 Å². The Hall–Kier alpha value is -3.12. The Morgan fingerprint density at radius 2 is 1.93 bits per heavy atom. The molecule has 0 atom stereocenters. The van der Waals surface area contributed by atoms with Gasteiger partial charge in [-0.05, 0) is 66.6 Å². The summed E-state index contributed by atoms with van der Waals surface area (Å²) >= 11 is 0. The molecular formula is C24H26N4O2. The van der Waals surface area contributed by atoms with E-state index in [2.05, 4.69) is 17.4 Å². The molecule has 30 heavy (non-hydrogen) atoms. The largest absolute Gasteiger partial charge is 0.399 e. The first-order valence-corrected chi connectivity index (χ1v) is 10.5. The number of carbonyl (C=O) groups excluding carboxylic acids is 2. The molecule has 0 radical (unpaired) electrons. The maximum Gasteiger partial charge on any atom is 0.271 e. The van der Waals surface area contributed by atoms with Gasteiger partial charge in [0.15, 0.2) is 0 Å². The lowest BCUT2D eigenvalue weighted by Gasteiger charge is -2.27. The van der Waals surface area contributed by atoms with Crippen LogP contribution in [-0.4, -0.2) is 40.9 Å². The van der Waals surface area contributed by atoms with E-state index in [0.29, 0.717) is 31.2 Å². The number of hydrogen-bond acceptors (Lipinski definition) is 4. The number of nitrogen functional groups attached to an aromatic ring is 1. The summed E-state index contributed by atoms with van der Waals surface area (Å²) in [4.78, 5) is 27.5. The molecule has 2 aliphatic rings. The number of amides is 1. The summed E-state index contributed by atoms with van der Waals surface area (Å²) in [6.45, 7) is 3.86. The Kier molecular flexibility index (Phi) is 4.59. The number of nitrogens with two attached hydrogens (primary N) is 1. The first-order valence-electron chi connectivity index (χ1n) is 10.5. The quantitative estimate of drug-likeness (QED) is 0.490. The smallest absolute Gasteiger partial charge is 0.271 e. The van der Waals surface area contributed by atoms with Gasteiger partial charge in [-0.3, -0.25) is 14.2 Å². The third kappa shape index (κ3) is 3.37. The summed E-state index contributed by atoms with van der Waals surface area (Å²) < 4.78 is 1.59. The Labute approximate surface area is 175 Å². The second-order valence-electron chi connectivity index (χ2n) is 8.45. The summed E-state index contributed by atoms with van der Waals surface area (Å²) in [6.07, 6.45) is 2.46. The van der Waals surface area contributed by atoms with Crippen molar-refractivity contribution in [3.8, 4) is 0 Å². The highest BCUT2D eigenvalue weighted by Crippen LogP contribution is 2.41. The standard InChI is InChI=1S/C24H26N4O2/c1-15-2-3-16(10-20(15)25)13-26-8-9-27-14-23(29)28-21-7-6-18(17-4-5-17)11-19(21)12-22(28)24(27)30/h2-3,6-7,10-12,17,26H,4-5,8-9,13-14,25H2,1H3. The molecule has 1 aromatic heterocycles. The van der Waals surface area contributed by atoms with E-state index in [-0.39, 0.29) is 18.4 Å². The van der Waals surface area contributed by atoms with Gasteiger partial charge in [0.05, 0.1) is 5.52 Å². The van der Waals surface area contributed by atoms with Gasteiger partial charge >= 0.3 is 0 Å². The second kappa shape index (κ2) is 7.29. The summed E-state index contributed by atoms with van der Waals surface area (Å²) in [5.41, 5.74) is 11.5. The molecule has 1 fully saturated rings. The summed E-state index contributed by atoms with van der Waals surface area (Å²) in [5.74, 6) is 0.509. The maximum atomic E-state index is 13.0. The van der Waals surface area contributed by atoms with Crippen LogP contribution in [0.25, 0.3) is 10.9 Å². The van der Waals surface area contributed by atoms with Crippen LogP contribution in [0.4, 0.5) is 5.69 Å². The molecule has 154 valence electrons. The van der Waals surface area contributed by atoms with Crippen LogP contribution >= 0.6 is 0 Å². The molecule has 1 saturated carbocycles. The molecule has 2 aromatic carbocycles. The lowest BCUT2D eigenvalue weighted by molar-refractivity contribution is 0.0625. The predicted molar refractivity (Wildman–Crippen MR) is 118 cm³/mol. The SMILES string of the molecule is Cc1ccc(CNCCN2CC(=O)n3c(cc4cc(C5CC5)ccc43)C2=O)cc1N. The van der Waals surface area contributed by atoms with E-state index in [1.54, 1.807) is 9.47 Å². The molecule has 3 N–H and O–H groups in total. The molecule has 2 heterocycles. The van der Waals surface area contributed by atoms with Crippen LogP contribution in [0.5, 0.6) is 0 Å². The van der Waals surface area contributed by atoms with Gasteiger partial charge in [0.2, 0.25) is 0 Å². The zero-order chi connectivity index (χ0) is 20.8. The highest BCUT2D eigenvalue weighted by atomic mass is 16.2. The summed E-state index contributed by atoms with van der Waals surface area (Å²) in [7, 11) is 0. The zero-order valence-electron chi connectivity index (χ0n) is 17.1. The molecule has 0 unspecified atom stereocenters. The van der Waals surface area contributed by atoms with Crippen molar-refractivity contribution < 1.29 is 9.59 Å². The van der Waals surface area contributed by atoms with Gasteiger partial charge in [0.1, 0.15) is 12.2 Å². The van der Waals surface area contributed by atoms with Gasteiger partial charge < -0.3 is 16.0 Å². The zero-order valence-corrected chi connectivity index (χ0v) is 17.1. The summed E-state index contributed by atoms with van der Waals surface area (Å²) in [6, 6.07) is 14.1. The van der Waals surface area contributed by atoms with Crippen molar-refractivity contribution >= 4 is 28.4 Å². The van der Waals surface area contributed by atoms with E-state index >= 15 is 0 Å². The molecule has 6 heteroatoms. The molecule has 6 nitrogen and oxygen atoms in total. The number of aromatic nitrogens is 1. The number of carbonyl (C=O) groups is 2. The lowest BCUT2D eigenvalue weighted by atomic mass is 10.1. The minimum Gasteiger partial charge on any atom is -0.399 e. The van der Waals surface area contributed by atoms with Crippen LogP contribution in [0.2, 0.25) is 0 Å². The van der Waals surface area contributed by atoms with E-state index in [4.69, 9.17) is 5.73 Å². The minimum atomic E-state index is -0.0832. The van der Waals surface area contributed by atoms with Crippen LogP contribution in [-0.2, 0) is 6.54 Å². The number of benzene rings is 2.